The van der Waals surface area contributed by atoms with Gasteiger partial charge in [-0.05, 0) is 42.9 Å². The molecule has 1 aliphatic rings. The maximum absolute atomic E-state index is 9.24. The fourth-order valence-corrected chi connectivity index (χ4v) is 5.43. The predicted octanol–water partition coefficient (Wildman–Crippen LogP) is 3.96. The number of aryl methyl sites for hydroxylation is 1. The number of rotatable bonds is 4. The molecule has 3 aromatic rings. The van der Waals surface area contributed by atoms with Crippen LogP contribution >= 0.6 is 23.1 Å². The van der Waals surface area contributed by atoms with Gasteiger partial charge in [-0.1, -0.05) is 6.92 Å². The van der Waals surface area contributed by atoms with Gasteiger partial charge in [0.1, 0.15) is 9.86 Å². The van der Waals surface area contributed by atoms with Crippen LogP contribution in [0.25, 0.3) is 21.6 Å². The van der Waals surface area contributed by atoms with E-state index in [1.54, 1.807) is 24.2 Å². The molecule has 0 saturated heterocycles. The van der Waals surface area contributed by atoms with Crippen LogP contribution in [0.3, 0.4) is 0 Å². The summed E-state index contributed by atoms with van der Waals surface area (Å²) < 4.78 is 0. The first kappa shape index (κ1) is 16.0. The standard InChI is InChI=1S/C18H19N3OS2/c1-11-4-5-13-14(9-11)24-18-15(13)17(23-8-7-22)20-16(21-18)12-3-2-6-19-10-12/h2-3,6,10-11,22H,4-5,7-9H2,1H3. The van der Waals surface area contributed by atoms with Crippen LogP contribution in [0.1, 0.15) is 23.8 Å². The molecular weight excluding hydrogens is 338 g/mol. The molecule has 4 nitrogen and oxygen atoms in total. The molecule has 1 N–H and O–H groups in total. The number of pyridine rings is 1. The second-order valence-corrected chi connectivity index (χ2v) is 8.37. The molecule has 0 saturated carbocycles. The predicted molar refractivity (Wildman–Crippen MR) is 99.6 cm³/mol. The summed E-state index contributed by atoms with van der Waals surface area (Å²) in [6, 6.07) is 3.90. The zero-order valence-electron chi connectivity index (χ0n) is 13.5. The van der Waals surface area contributed by atoms with Gasteiger partial charge >= 0.3 is 0 Å². The van der Waals surface area contributed by atoms with Crippen LogP contribution in [0, 0.1) is 5.92 Å². The van der Waals surface area contributed by atoms with Gasteiger partial charge in [-0.15, -0.1) is 23.1 Å². The Balaban J connectivity index is 1.89. The van der Waals surface area contributed by atoms with Gasteiger partial charge in [0.25, 0.3) is 0 Å². The highest BCUT2D eigenvalue weighted by Gasteiger charge is 2.24. The highest BCUT2D eigenvalue weighted by molar-refractivity contribution is 7.99. The Morgan fingerprint density at radius 3 is 3.08 bits per heavy atom. The van der Waals surface area contributed by atoms with Crippen molar-refractivity contribution < 1.29 is 5.11 Å². The smallest absolute Gasteiger partial charge is 0.163 e. The maximum atomic E-state index is 9.24. The van der Waals surface area contributed by atoms with Crippen LogP contribution in [0.15, 0.2) is 29.6 Å². The number of thiophene rings is 1. The molecule has 0 radical (unpaired) electrons. The number of aliphatic hydroxyl groups excluding tert-OH is 1. The van der Waals surface area contributed by atoms with Crippen molar-refractivity contribution in [2.24, 2.45) is 5.92 Å². The molecule has 1 aliphatic carbocycles. The summed E-state index contributed by atoms with van der Waals surface area (Å²) >= 11 is 3.43. The van der Waals surface area contributed by atoms with Crippen LogP contribution in [0.5, 0.6) is 0 Å². The molecule has 1 atom stereocenters. The lowest BCUT2D eigenvalue weighted by Gasteiger charge is -2.18. The van der Waals surface area contributed by atoms with Crippen LogP contribution in [0.2, 0.25) is 0 Å². The van der Waals surface area contributed by atoms with Gasteiger partial charge in [0.15, 0.2) is 5.82 Å². The topological polar surface area (TPSA) is 58.9 Å². The molecule has 0 amide bonds. The minimum atomic E-state index is 0.155. The normalized spacial score (nSPS) is 17.2. The quantitative estimate of drug-likeness (QED) is 0.566. The van der Waals surface area contributed by atoms with Gasteiger partial charge < -0.3 is 5.11 Å². The fraction of sp³-hybridized carbons (Fsp3) is 0.389. The Hall–Kier alpha value is -1.50. The second kappa shape index (κ2) is 6.78. The number of hydrogen-bond donors (Lipinski definition) is 1. The average molecular weight is 358 g/mol. The Morgan fingerprint density at radius 1 is 1.38 bits per heavy atom. The van der Waals surface area contributed by atoms with Crippen LogP contribution in [-0.4, -0.2) is 32.4 Å². The van der Waals surface area contributed by atoms with Crippen molar-refractivity contribution in [2.45, 2.75) is 31.2 Å². The number of nitrogens with zero attached hydrogens (tertiary/aromatic N) is 3. The van der Waals surface area contributed by atoms with E-state index in [0.29, 0.717) is 5.75 Å². The Labute approximate surface area is 149 Å². The molecule has 0 bridgehead atoms. The monoisotopic (exact) mass is 357 g/mol. The van der Waals surface area contributed by atoms with Crippen molar-refractivity contribution in [1.82, 2.24) is 15.0 Å². The maximum Gasteiger partial charge on any atom is 0.163 e. The van der Waals surface area contributed by atoms with Crippen molar-refractivity contribution in [3.8, 4) is 11.4 Å². The molecule has 1 unspecified atom stereocenters. The molecule has 24 heavy (non-hydrogen) atoms. The molecule has 124 valence electrons. The van der Waals surface area contributed by atoms with E-state index in [1.165, 1.54) is 22.2 Å². The third-order valence-electron chi connectivity index (χ3n) is 4.37. The van der Waals surface area contributed by atoms with Crippen LogP contribution in [-0.2, 0) is 12.8 Å². The lowest BCUT2D eigenvalue weighted by molar-refractivity contribution is 0.322. The summed E-state index contributed by atoms with van der Waals surface area (Å²) in [6.07, 6.45) is 7.04. The van der Waals surface area contributed by atoms with Crippen LogP contribution < -0.4 is 0 Å². The minimum Gasteiger partial charge on any atom is -0.396 e. The number of hydrogen-bond acceptors (Lipinski definition) is 6. The number of fused-ring (bicyclic) bond motifs is 3. The number of aliphatic hydroxyl groups is 1. The zero-order valence-corrected chi connectivity index (χ0v) is 15.2. The summed E-state index contributed by atoms with van der Waals surface area (Å²) in [4.78, 5) is 16.4. The Morgan fingerprint density at radius 2 is 2.29 bits per heavy atom. The molecule has 0 aromatic carbocycles. The third kappa shape index (κ3) is 2.94. The van der Waals surface area contributed by atoms with E-state index in [0.717, 1.165) is 40.0 Å². The van der Waals surface area contributed by atoms with Gasteiger partial charge in [0.2, 0.25) is 0 Å². The number of thioether (sulfide) groups is 1. The van der Waals surface area contributed by atoms with Crippen molar-refractivity contribution in [3.05, 3.63) is 35.0 Å². The minimum absolute atomic E-state index is 0.155. The van der Waals surface area contributed by atoms with Crippen molar-refractivity contribution in [1.29, 1.82) is 0 Å². The first-order valence-corrected chi connectivity index (χ1v) is 10.0. The molecule has 0 fully saturated rings. The SMILES string of the molecule is CC1CCc2c(sc3nc(-c4cccnc4)nc(SCCO)c23)C1. The van der Waals surface area contributed by atoms with Gasteiger partial charge in [-0.3, -0.25) is 4.98 Å². The first-order valence-electron chi connectivity index (χ1n) is 8.22. The summed E-state index contributed by atoms with van der Waals surface area (Å²) in [5, 5.41) is 11.5. The molecule has 4 rings (SSSR count). The number of aromatic nitrogens is 3. The van der Waals surface area contributed by atoms with E-state index in [4.69, 9.17) is 9.97 Å². The van der Waals surface area contributed by atoms with Crippen LogP contribution in [0.4, 0.5) is 0 Å². The van der Waals surface area contributed by atoms with Gasteiger partial charge in [-0.25, -0.2) is 9.97 Å². The van der Waals surface area contributed by atoms with E-state index < -0.39 is 0 Å². The van der Waals surface area contributed by atoms with Gasteiger partial charge in [0.05, 0.1) is 6.61 Å². The molecule has 3 heterocycles. The summed E-state index contributed by atoms with van der Waals surface area (Å²) in [7, 11) is 0. The van der Waals surface area contributed by atoms with Gasteiger partial charge in [-0.2, -0.15) is 0 Å². The molecular formula is C18H19N3OS2. The van der Waals surface area contributed by atoms with E-state index in [9.17, 15) is 5.11 Å². The summed E-state index contributed by atoms with van der Waals surface area (Å²) in [5.74, 6) is 2.12. The van der Waals surface area contributed by atoms with E-state index in [-0.39, 0.29) is 6.61 Å². The Kier molecular flexibility index (Phi) is 4.52. The highest BCUT2D eigenvalue weighted by atomic mass is 32.2. The van der Waals surface area contributed by atoms with E-state index in [2.05, 4.69) is 11.9 Å². The Bertz CT molecular complexity index is 864. The summed E-state index contributed by atoms with van der Waals surface area (Å²) in [5.41, 5.74) is 2.37. The van der Waals surface area contributed by atoms with Crippen molar-refractivity contribution >= 4 is 33.3 Å². The first-order chi connectivity index (χ1) is 11.8. The molecule has 0 spiro atoms. The van der Waals surface area contributed by atoms with Crippen molar-refractivity contribution in [3.63, 3.8) is 0 Å². The summed E-state index contributed by atoms with van der Waals surface area (Å²) in [6.45, 7) is 2.48. The second-order valence-electron chi connectivity index (χ2n) is 6.20. The van der Waals surface area contributed by atoms with Gasteiger partial charge in [0, 0.05) is 34.0 Å². The molecule has 0 aliphatic heterocycles. The zero-order chi connectivity index (χ0) is 16.5. The average Bonchev–Trinajstić information content (AvgIpc) is 2.97. The highest BCUT2D eigenvalue weighted by Crippen LogP contribution is 2.41. The van der Waals surface area contributed by atoms with E-state index >= 15 is 0 Å². The molecule has 6 heteroatoms. The molecule has 3 aromatic heterocycles. The largest absolute Gasteiger partial charge is 0.396 e. The third-order valence-corrected chi connectivity index (χ3v) is 6.48. The van der Waals surface area contributed by atoms with Crippen molar-refractivity contribution in [2.75, 3.05) is 12.4 Å². The fourth-order valence-electron chi connectivity index (χ4n) is 3.18. The van der Waals surface area contributed by atoms with E-state index in [1.807, 2.05) is 23.5 Å². The lowest BCUT2D eigenvalue weighted by Crippen LogP contribution is -2.08. The lowest BCUT2D eigenvalue weighted by atomic mass is 9.89.